The molecular formula is C13H13F5O3. The second-order valence-corrected chi connectivity index (χ2v) is 4.50. The molecule has 0 aliphatic rings. The first kappa shape index (κ1) is 17.4. The van der Waals surface area contributed by atoms with Crippen molar-refractivity contribution in [1.82, 2.24) is 0 Å². The van der Waals surface area contributed by atoms with Crippen molar-refractivity contribution in [2.75, 3.05) is 6.61 Å². The van der Waals surface area contributed by atoms with Crippen LogP contribution < -0.4 is 0 Å². The van der Waals surface area contributed by atoms with Crippen LogP contribution in [0.4, 0.5) is 22.0 Å². The Hall–Kier alpha value is -1.70. The Balaban J connectivity index is 2.56. The second kappa shape index (κ2) is 6.38. The number of halogens is 5. The minimum absolute atomic E-state index is 0.370. The zero-order valence-corrected chi connectivity index (χ0v) is 11.0. The highest BCUT2D eigenvalue weighted by atomic mass is 19.4. The number of carboxylic acids is 1. The highest BCUT2D eigenvalue weighted by Crippen LogP contribution is 2.35. The monoisotopic (exact) mass is 312 g/mol. The predicted octanol–water partition coefficient (Wildman–Crippen LogP) is 3.59. The predicted molar refractivity (Wildman–Crippen MR) is 63.2 cm³/mol. The molecule has 3 nitrogen and oxygen atoms in total. The van der Waals surface area contributed by atoms with E-state index in [-0.39, 0.29) is 0 Å². The number of hydrogen-bond donors (Lipinski definition) is 1. The highest BCUT2D eigenvalue weighted by molar-refractivity contribution is 5.75. The van der Waals surface area contributed by atoms with Crippen molar-refractivity contribution in [3.8, 4) is 0 Å². The lowest BCUT2D eigenvalue weighted by atomic mass is 10.0. The van der Waals surface area contributed by atoms with Crippen LogP contribution in [0.2, 0.25) is 0 Å². The summed E-state index contributed by atoms with van der Waals surface area (Å²) in [6.07, 6.45) is -5.65. The van der Waals surface area contributed by atoms with Gasteiger partial charge in [0.25, 0.3) is 0 Å². The van der Waals surface area contributed by atoms with Crippen LogP contribution in [0.1, 0.15) is 24.0 Å². The van der Waals surface area contributed by atoms with Crippen molar-refractivity contribution in [2.24, 2.45) is 0 Å². The van der Waals surface area contributed by atoms with Crippen molar-refractivity contribution < 1.29 is 36.6 Å². The van der Waals surface area contributed by atoms with Gasteiger partial charge in [0.2, 0.25) is 0 Å². The Morgan fingerprint density at radius 3 is 2.14 bits per heavy atom. The summed E-state index contributed by atoms with van der Waals surface area (Å²) in [6, 6.07) is 5.75. The fourth-order valence-corrected chi connectivity index (χ4v) is 1.42. The Morgan fingerprint density at radius 1 is 1.19 bits per heavy atom. The number of aliphatic carboxylic acids is 1. The third-order valence-corrected chi connectivity index (χ3v) is 2.82. The summed E-state index contributed by atoms with van der Waals surface area (Å²) in [7, 11) is 0. The highest BCUT2D eigenvalue weighted by Gasteiger charge is 2.57. The van der Waals surface area contributed by atoms with E-state index in [1.165, 1.54) is 31.2 Å². The quantitative estimate of drug-likeness (QED) is 0.817. The molecule has 0 aliphatic carbocycles. The maximum absolute atomic E-state index is 12.6. The summed E-state index contributed by atoms with van der Waals surface area (Å²) in [5.41, 5.74) is 0.862. The smallest absolute Gasteiger partial charge is 0.455 e. The molecule has 0 amide bonds. The third-order valence-electron chi connectivity index (χ3n) is 2.82. The number of rotatable bonds is 6. The zero-order valence-electron chi connectivity index (χ0n) is 11.0. The van der Waals surface area contributed by atoms with E-state index in [1.54, 1.807) is 0 Å². The molecule has 0 fully saturated rings. The van der Waals surface area contributed by atoms with Gasteiger partial charge in [-0.1, -0.05) is 24.3 Å². The molecule has 0 saturated carbocycles. The Labute approximate surface area is 117 Å². The topological polar surface area (TPSA) is 46.5 Å². The lowest BCUT2D eigenvalue weighted by Crippen LogP contribution is -2.40. The van der Waals surface area contributed by atoms with Crippen LogP contribution in [-0.2, 0) is 16.1 Å². The molecule has 8 heteroatoms. The van der Waals surface area contributed by atoms with Gasteiger partial charge in [0.1, 0.15) is 6.61 Å². The number of benzene rings is 1. The first-order chi connectivity index (χ1) is 9.54. The van der Waals surface area contributed by atoms with Crippen molar-refractivity contribution >= 4 is 5.97 Å². The molecule has 118 valence electrons. The zero-order chi connectivity index (χ0) is 16.3. The second-order valence-electron chi connectivity index (χ2n) is 4.50. The largest absolute Gasteiger partial charge is 0.481 e. The van der Waals surface area contributed by atoms with E-state index in [9.17, 15) is 26.7 Å². The molecule has 1 rings (SSSR count). The molecule has 1 aromatic rings. The van der Waals surface area contributed by atoms with Gasteiger partial charge in [-0.2, -0.15) is 22.0 Å². The van der Waals surface area contributed by atoms with Gasteiger partial charge in [-0.05, 0) is 18.1 Å². The summed E-state index contributed by atoms with van der Waals surface area (Å²) in [5, 5.41) is 8.80. The van der Waals surface area contributed by atoms with E-state index >= 15 is 0 Å². The molecule has 0 radical (unpaired) electrons. The molecule has 0 aromatic heterocycles. The van der Waals surface area contributed by atoms with Crippen LogP contribution in [0.3, 0.4) is 0 Å². The molecule has 0 spiro atoms. The molecule has 1 aromatic carbocycles. The summed E-state index contributed by atoms with van der Waals surface area (Å²) in [6.45, 7) is -0.713. The Kier molecular flexibility index (Phi) is 5.27. The van der Waals surface area contributed by atoms with Gasteiger partial charge in [-0.15, -0.1) is 0 Å². The van der Waals surface area contributed by atoms with E-state index in [0.29, 0.717) is 11.1 Å². The number of ether oxygens (including phenoxy) is 1. The molecule has 0 aliphatic heterocycles. The first-order valence-electron chi connectivity index (χ1n) is 5.88. The summed E-state index contributed by atoms with van der Waals surface area (Å²) >= 11 is 0. The average molecular weight is 312 g/mol. The molecule has 0 bridgehead atoms. The number of carbonyl (C=O) groups is 1. The number of alkyl halides is 5. The van der Waals surface area contributed by atoms with Crippen molar-refractivity contribution in [3.05, 3.63) is 35.4 Å². The molecule has 21 heavy (non-hydrogen) atoms. The fourth-order valence-electron chi connectivity index (χ4n) is 1.42. The molecule has 0 saturated heterocycles. The minimum Gasteiger partial charge on any atom is -0.481 e. The van der Waals surface area contributed by atoms with Gasteiger partial charge in [0, 0.05) is 0 Å². The van der Waals surface area contributed by atoms with Gasteiger partial charge in [-0.3, -0.25) is 4.79 Å². The van der Waals surface area contributed by atoms with E-state index < -0.39 is 37.2 Å². The minimum atomic E-state index is -5.65. The van der Waals surface area contributed by atoms with Crippen molar-refractivity contribution in [2.45, 2.75) is 31.5 Å². The van der Waals surface area contributed by atoms with Crippen LogP contribution in [-0.4, -0.2) is 29.8 Å². The molecule has 0 heterocycles. The fraction of sp³-hybridized carbons (Fsp3) is 0.462. The average Bonchev–Trinajstić information content (AvgIpc) is 2.37. The maximum Gasteiger partial charge on any atom is 0.455 e. The van der Waals surface area contributed by atoms with Crippen LogP contribution in [0.15, 0.2) is 24.3 Å². The van der Waals surface area contributed by atoms with Gasteiger partial charge in [0.15, 0.2) is 0 Å². The van der Waals surface area contributed by atoms with Crippen LogP contribution in [0.5, 0.6) is 0 Å². The first-order valence-corrected chi connectivity index (χ1v) is 5.88. The summed E-state index contributed by atoms with van der Waals surface area (Å²) in [4.78, 5) is 10.7. The van der Waals surface area contributed by atoms with Gasteiger partial charge >= 0.3 is 18.1 Å². The summed E-state index contributed by atoms with van der Waals surface area (Å²) in [5.74, 6) is -6.66. The van der Waals surface area contributed by atoms with Crippen LogP contribution in [0.25, 0.3) is 0 Å². The Bertz CT molecular complexity index is 482. The molecule has 1 atom stereocenters. The normalized spacial score (nSPS) is 14.0. The van der Waals surface area contributed by atoms with Gasteiger partial charge < -0.3 is 9.84 Å². The lowest BCUT2D eigenvalue weighted by molar-refractivity contribution is -0.297. The third kappa shape index (κ3) is 4.66. The van der Waals surface area contributed by atoms with E-state index in [4.69, 9.17) is 5.11 Å². The SMILES string of the molecule is CC(C(=O)O)c1ccc(COCC(F)(F)C(F)(F)F)cc1. The van der Waals surface area contributed by atoms with Gasteiger partial charge in [0.05, 0.1) is 12.5 Å². The van der Waals surface area contributed by atoms with Gasteiger partial charge in [-0.25, -0.2) is 0 Å². The number of carboxylic acid groups (broad SMARTS) is 1. The Morgan fingerprint density at radius 2 is 1.71 bits per heavy atom. The van der Waals surface area contributed by atoms with Crippen molar-refractivity contribution in [3.63, 3.8) is 0 Å². The van der Waals surface area contributed by atoms with E-state index in [0.717, 1.165) is 0 Å². The van der Waals surface area contributed by atoms with Crippen molar-refractivity contribution in [1.29, 1.82) is 0 Å². The van der Waals surface area contributed by atoms with Crippen LogP contribution in [0, 0.1) is 0 Å². The maximum atomic E-state index is 12.6. The van der Waals surface area contributed by atoms with Crippen LogP contribution >= 0.6 is 0 Å². The number of hydrogen-bond acceptors (Lipinski definition) is 2. The molecular weight excluding hydrogens is 299 g/mol. The lowest BCUT2D eigenvalue weighted by Gasteiger charge is -2.19. The molecule has 1 N–H and O–H groups in total. The van der Waals surface area contributed by atoms with E-state index in [2.05, 4.69) is 4.74 Å². The standard InChI is InChI=1S/C13H13F5O3/c1-8(11(19)20)10-4-2-9(3-5-10)6-21-7-12(14,15)13(16,17)18/h2-5,8H,6-7H2,1H3,(H,19,20). The van der Waals surface area contributed by atoms with E-state index in [1.807, 2.05) is 0 Å². The molecule has 1 unspecified atom stereocenters. The summed E-state index contributed by atoms with van der Waals surface area (Å²) < 4.78 is 65.2.